The first-order valence-corrected chi connectivity index (χ1v) is 8.41. The van der Waals surface area contributed by atoms with E-state index in [0.29, 0.717) is 5.92 Å². The average Bonchev–Trinajstić information content (AvgIpc) is 3.00. The summed E-state index contributed by atoms with van der Waals surface area (Å²) in [5.41, 5.74) is 1.37. The number of hydrogen-bond donors (Lipinski definition) is 1. The quantitative estimate of drug-likeness (QED) is 0.587. The van der Waals surface area contributed by atoms with Crippen molar-refractivity contribution >= 4 is 11.6 Å². The Kier molecular flexibility index (Phi) is 6.81. The lowest BCUT2D eigenvalue weighted by atomic mass is 9.90. The Morgan fingerprint density at radius 3 is 2.52 bits per heavy atom. The predicted molar refractivity (Wildman–Crippen MR) is 89.9 cm³/mol. The third-order valence-electron chi connectivity index (χ3n) is 3.99. The van der Waals surface area contributed by atoms with Crippen LogP contribution >= 0.6 is 11.6 Å². The minimum absolute atomic E-state index is 0.523. The van der Waals surface area contributed by atoms with Gasteiger partial charge in [-0.1, -0.05) is 62.8 Å². The number of halogens is 1. The predicted octanol–water partition coefficient (Wildman–Crippen LogP) is 5.75. The zero-order valence-corrected chi connectivity index (χ0v) is 13.6. The van der Waals surface area contributed by atoms with Crippen molar-refractivity contribution in [1.82, 2.24) is 9.97 Å². The summed E-state index contributed by atoms with van der Waals surface area (Å²) in [6.07, 6.45) is 12.5. The maximum atomic E-state index is 6.00. The zero-order valence-electron chi connectivity index (χ0n) is 12.8. The van der Waals surface area contributed by atoms with Crippen molar-refractivity contribution in [1.29, 1.82) is 0 Å². The average molecular weight is 305 g/mol. The highest BCUT2D eigenvalue weighted by molar-refractivity contribution is 6.30. The van der Waals surface area contributed by atoms with Crippen molar-refractivity contribution in [2.24, 2.45) is 0 Å². The molecule has 0 saturated heterocycles. The number of rotatable bonds is 9. The van der Waals surface area contributed by atoms with Gasteiger partial charge < -0.3 is 4.98 Å². The van der Waals surface area contributed by atoms with Crippen LogP contribution in [0.2, 0.25) is 5.02 Å². The minimum atomic E-state index is 0.523. The lowest BCUT2D eigenvalue weighted by Gasteiger charge is -2.16. The van der Waals surface area contributed by atoms with Gasteiger partial charge in [-0.3, -0.25) is 0 Å². The molecule has 1 N–H and O–H groups in total. The van der Waals surface area contributed by atoms with Crippen LogP contribution in [0, 0.1) is 0 Å². The van der Waals surface area contributed by atoms with Gasteiger partial charge in [-0.05, 0) is 30.0 Å². The SMILES string of the molecule is CCCCCCCC(Cc1ncc[nH]1)c1ccc(Cl)cc1. The van der Waals surface area contributed by atoms with Crippen molar-refractivity contribution in [3.8, 4) is 0 Å². The smallest absolute Gasteiger partial charge is 0.106 e. The van der Waals surface area contributed by atoms with Crippen LogP contribution in [-0.2, 0) is 6.42 Å². The molecule has 0 bridgehead atoms. The van der Waals surface area contributed by atoms with Gasteiger partial charge in [0.1, 0.15) is 5.82 Å². The molecule has 0 spiro atoms. The van der Waals surface area contributed by atoms with E-state index in [-0.39, 0.29) is 0 Å². The van der Waals surface area contributed by atoms with Crippen LogP contribution in [0.1, 0.15) is 62.8 Å². The summed E-state index contributed by atoms with van der Waals surface area (Å²) >= 11 is 6.00. The summed E-state index contributed by atoms with van der Waals surface area (Å²) in [7, 11) is 0. The fourth-order valence-electron chi connectivity index (χ4n) is 2.76. The Morgan fingerprint density at radius 2 is 1.86 bits per heavy atom. The second kappa shape index (κ2) is 8.89. The van der Waals surface area contributed by atoms with Gasteiger partial charge in [0, 0.05) is 23.8 Å². The number of nitrogens with one attached hydrogen (secondary N) is 1. The number of H-pyrrole nitrogens is 1. The Hall–Kier alpha value is -1.28. The fourth-order valence-corrected chi connectivity index (χ4v) is 2.88. The van der Waals surface area contributed by atoms with Crippen LogP contribution in [0.3, 0.4) is 0 Å². The monoisotopic (exact) mass is 304 g/mol. The van der Waals surface area contributed by atoms with Gasteiger partial charge in [-0.2, -0.15) is 0 Å². The first kappa shape index (κ1) is 16.1. The number of benzene rings is 1. The van der Waals surface area contributed by atoms with E-state index in [0.717, 1.165) is 17.3 Å². The highest BCUT2D eigenvalue weighted by atomic mass is 35.5. The molecule has 0 amide bonds. The molecule has 2 nitrogen and oxygen atoms in total. The molecule has 0 aliphatic rings. The largest absolute Gasteiger partial charge is 0.349 e. The lowest BCUT2D eigenvalue weighted by Crippen LogP contribution is -2.05. The molecule has 0 aliphatic carbocycles. The maximum absolute atomic E-state index is 6.00. The molecule has 1 aromatic heterocycles. The van der Waals surface area contributed by atoms with Crippen molar-refractivity contribution < 1.29 is 0 Å². The molecule has 1 unspecified atom stereocenters. The fraction of sp³-hybridized carbons (Fsp3) is 0.500. The van der Waals surface area contributed by atoms with E-state index in [1.165, 1.54) is 44.1 Å². The molecule has 0 radical (unpaired) electrons. The molecule has 2 aromatic rings. The third-order valence-corrected chi connectivity index (χ3v) is 4.24. The topological polar surface area (TPSA) is 28.7 Å². The summed E-state index contributed by atoms with van der Waals surface area (Å²) in [5, 5.41) is 0.804. The van der Waals surface area contributed by atoms with Crippen LogP contribution in [0.5, 0.6) is 0 Å². The standard InChI is InChI=1S/C18H25ClN2/c1-2-3-4-5-6-7-16(14-18-20-12-13-21-18)15-8-10-17(19)11-9-15/h8-13,16H,2-7,14H2,1H3,(H,20,21). The van der Waals surface area contributed by atoms with Gasteiger partial charge in [-0.25, -0.2) is 4.98 Å². The van der Waals surface area contributed by atoms with Gasteiger partial charge in [-0.15, -0.1) is 0 Å². The molecule has 0 fully saturated rings. The summed E-state index contributed by atoms with van der Waals surface area (Å²) in [6, 6.07) is 8.29. The Labute approximate surface area is 133 Å². The number of unbranched alkanes of at least 4 members (excludes halogenated alkanes) is 4. The van der Waals surface area contributed by atoms with Crippen LogP contribution in [0.25, 0.3) is 0 Å². The third kappa shape index (κ3) is 5.55. The molecule has 1 aromatic carbocycles. The maximum Gasteiger partial charge on any atom is 0.106 e. The van der Waals surface area contributed by atoms with Crippen molar-refractivity contribution in [2.45, 2.75) is 57.8 Å². The summed E-state index contributed by atoms with van der Waals surface area (Å²) in [5.74, 6) is 1.60. The van der Waals surface area contributed by atoms with Crippen LogP contribution in [0.4, 0.5) is 0 Å². The summed E-state index contributed by atoms with van der Waals surface area (Å²) < 4.78 is 0. The molecule has 0 aliphatic heterocycles. The van der Waals surface area contributed by atoms with Crippen LogP contribution < -0.4 is 0 Å². The molecular weight excluding hydrogens is 280 g/mol. The number of imidazole rings is 1. The molecule has 3 heteroatoms. The van der Waals surface area contributed by atoms with E-state index in [4.69, 9.17) is 11.6 Å². The van der Waals surface area contributed by atoms with E-state index in [1.807, 2.05) is 24.5 Å². The number of aromatic nitrogens is 2. The van der Waals surface area contributed by atoms with Gasteiger partial charge in [0.2, 0.25) is 0 Å². The second-order valence-corrected chi connectivity index (χ2v) is 6.13. The lowest BCUT2D eigenvalue weighted by molar-refractivity contribution is 0.536. The number of hydrogen-bond acceptors (Lipinski definition) is 1. The zero-order chi connectivity index (χ0) is 14.9. The molecule has 2 rings (SSSR count). The highest BCUT2D eigenvalue weighted by Gasteiger charge is 2.13. The van der Waals surface area contributed by atoms with Crippen LogP contribution in [0.15, 0.2) is 36.7 Å². The van der Waals surface area contributed by atoms with E-state index in [1.54, 1.807) is 0 Å². The number of aromatic amines is 1. The van der Waals surface area contributed by atoms with E-state index < -0.39 is 0 Å². The van der Waals surface area contributed by atoms with Crippen molar-refractivity contribution in [3.05, 3.63) is 53.1 Å². The summed E-state index contributed by atoms with van der Waals surface area (Å²) in [4.78, 5) is 7.60. The normalized spacial score (nSPS) is 12.5. The van der Waals surface area contributed by atoms with Gasteiger partial charge in [0.25, 0.3) is 0 Å². The molecule has 114 valence electrons. The minimum Gasteiger partial charge on any atom is -0.349 e. The molecular formula is C18H25ClN2. The van der Waals surface area contributed by atoms with Crippen molar-refractivity contribution in [2.75, 3.05) is 0 Å². The highest BCUT2D eigenvalue weighted by Crippen LogP contribution is 2.27. The Bertz CT molecular complexity index is 490. The van der Waals surface area contributed by atoms with E-state index >= 15 is 0 Å². The number of nitrogens with zero attached hydrogens (tertiary/aromatic N) is 1. The van der Waals surface area contributed by atoms with E-state index in [2.05, 4.69) is 29.0 Å². The molecule has 21 heavy (non-hydrogen) atoms. The Balaban J connectivity index is 1.94. The molecule has 1 atom stereocenters. The van der Waals surface area contributed by atoms with Gasteiger partial charge in [0.15, 0.2) is 0 Å². The van der Waals surface area contributed by atoms with Crippen molar-refractivity contribution in [3.63, 3.8) is 0 Å². The van der Waals surface area contributed by atoms with Gasteiger partial charge in [0.05, 0.1) is 0 Å². The second-order valence-electron chi connectivity index (χ2n) is 5.69. The summed E-state index contributed by atoms with van der Waals surface area (Å²) in [6.45, 7) is 2.26. The first-order valence-electron chi connectivity index (χ1n) is 8.03. The van der Waals surface area contributed by atoms with Gasteiger partial charge >= 0.3 is 0 Å². The molecule has 0 saturated carbocycles. The van der Waals surface area contributed by atoms with Crippen LogP contribution in [-0.4, -0.2) is 9.97 Å². The Morgan fingerprint density at radius 1 is 1.10 bits per heavy atom. The first-order chi connectivity index (χ1) is 10.3. The molecule has 1 heterocycles. The van der Waals surface area contributed by atoms with E-state index in [9.17, 15) is 0 Å².